The standard InChI is InChI=1S/C7H9.2C6H10N2O2.C5H5.Ti/c1-6-3-4-7(2)5-6;2*1-5(9)7-3-4-8-6(2)10;1-2-4-5-3-1;/h3-5H,1-2H3;2*3H2,1-2H3,(H,7,9)(H,8,10);1-3H,4H2;/q-1;;;-1;. The number of rotatable bonds is 6. The van der Waals surface area contributed by atoms with E-state index >= 15 is 0 Å². The molecule has 33 heavy (non-hydrogen) atoms. The van der Waals surface area contributed by atoms with E-state index in [9.17, 15) is 19.2 Å². The maximum absolute atomic E-state index is 11.2. The molecule has 0 radical (unpaired) electrons. The van der Waals surface area contributed by atoms with Gasteiger partial charge in [0.1, 0.15) is 0 Å². The third-order valence-corrected chi connectivity index (χ3v) is 5.52. The fraction of sp³-hybridized carbons (Fsp3) is 0.375. The number of aryl methyl sites for hydroxylation is 2. The summed E-state index contributed by atoms with van der Waals surface area (Å²) in [4.78, 5) is 44.3. The summed E-state index contributed by atoms with van der Waals surface area (Å²) in [5.74, 6) is -0.929. The van der Waals surface area contributed by atoms with Crippen LogP contribution in [0.3, 0.4) is 0 Å². The van der Waals surface area contributed by atoms with Crippen molar-refractivity contribution < 1.29 is 37.4 Å². The Morgan fingerprint density at radius 3 is 1.67 bits per heavy atom. The number of carbonyl (C=O) groups excluding carboxylic acids is 4. The van der Waals surface area contributed by atoms with Gasteiger partial charge in [-0.2, -0.15) is 23.8 Å². The summed E-state index contributed by atoms with van der Waals surface area (Å²) in [6.45, 7) is 10.1. The molecular weight excluding hydrogens is 456 g/mol. The summed E-state index contributed by atoms with van der Waals surface area (Å²) >= 11 is -1.05. The predicted octanol–water partition coefficient (Wildman–Crippen LogP) is 1.20. The van der Waals surface area contributed by atoms with E-state index in [2.05, 4.69) is 65.5 Å². The Kier molecular flexibility index (Phi) is 16.2. The summed E-state index contributed by atoms with van der Waals surface area (Å²) in [6, 6.07) is 6.41. The maximum Gasteiger partial charge on any atom is -0.0860 e. The molecule has 0 unspecified atom stereocenters. The zero-order valence-corrected chi connectivity index (χ0v) is 21.8. The van der Waals surface area contributed by atoms with Gasteiger partial charge in [0, 0.05) is 0 Å². The first-order valence-corrected chi connectivity index (χ1v) is 12.0. The first-order valence-electron chi connectivity index (χ1n) is 10.4. The van der Waals surface area contributed by atoms with Crippen LogP contribution in [-0.4, -0.2) is 44.6 Å². The molecule has 4 N–H and O–H groups in total. The van der Waals surface area contributed by atoms with E-state index in [1.165, 1.54) is 38.8 Å². The van der Waals surface area contributed by atoms with Crippen molar-refractivity contribution in [1.82, 2.24) is 21.3 Å². The third-order valence-electron chi connectivity index (χ3n) is 3.63. The summed E-state index contributed by atoms with van der Waals surface area (Å²) in [6.07, 6.45) is 10.0. The van der Waals surface area contributed by atoms with Crippen LogP contribution < -0.4 is 21.3 Å². The van der Waals surface area contributed by atoms with Crippen LogP contribution in [0.4, 0.5) is 0 Å². The number of hydrogen-bond donors (Lipinski definition) is 4. The van der Waals surface area contributed by atoms with Crippen LogP contribution in [0.5, 0.6) is 0 Å². The molecule has 0 saturated heterocycles. The predicted molar refractivity (Wildman–Crippen MR) is 128 cm³/mol. The second-order valence-corrected chi connectivity index (χ2v) is 9.51. The van der Waals surface area contributed by atoms with E-state index in [0.29, 0.717) is 7.87 Å². The molecular formula is C24H34N4O4Ti-2. The number of hydrogen-bond acceptors (Lipinski definition) is 4. The van der Waals surface area contributed by atoms with Crippen molar-refractivity contribution in [2.45, 2.75) is 48.0 Å². The van der Waals surface area contributed by atoms with Crippen LogP contribution in [0.25, 0.3) is 0 Å². The summed E-state index contributed by atoms with van der Waals surface area (Å²) in [7, 11) is 0. The first-order chi connectivity index (χ1) is 15.5. The molecule has 9 heteroatoms. The molecule has 0 saturated carbocycles. The van der Waals surface area contributed by atoms with Crippen LogP contribution in [0.2, 0.25) is 0 Å². The second kappa shape index (κ2) is 17.7. The number of carbonyl (C=O) groups is 4. The fourth-order valence-electron chi connectivity index (χ4n) is 2.33. The normalized spacial score (nSPS) is 10.4. The van der Waals surface area contributed by atoms with Gasteiger partial charge in [-0.15, -0.1) is 6.42 Å². The summed E-state index contributed by atoms with van der Waals surface area (Å²) < 4.78 is 1.29. The molecule has 0 aromatic heterocycles. The van der Waals surface area contributed by atoms with Gasteiger partial charge in [-0.3, -0.25) is 6.08 Å². The first kappa shape index (κ1) is 30.2. The second-order valence-electron chi connectivity index (χ2n) is 7.23. The zero-order valence-electron chi connectivity index (χ0n) is 20.2. The Hall–Kier alpha value is -2.84. The molecule has 0 aliphatic heterocycles. The van der Waals surface area contributed by atoms with Crippen molar-refractivity contribution in [3.63, 3.8) is 0 Å². The largest absolute Gasteiger partial charge is 0.273 e. The van der Waals surface area contributed by atoms with Gasteiger partial charge >= 0.3 is 131 Å². The molecule has 0 fully saturated rings. The van der Waals surface area contributed by atoms with Gasteiger partial charge in [0.15, 0.2) is 0 Å². The van der Waals surface area contributed by atoms with Crippen LogP contribution in [0.15, 0.2) is 36.4 Å². The molecule has 0 bridgehead atoms. The minimum absolute atomic E-state index is 0.206. The molecule has 1 aliphatic carbocycles. The number of nitrogens with one attached hydrogen (secondary N) is 4. The van der Waals surface area contributed by atoms with E-state index in [0.717, 1.165) is 6.42 Å². The quantitative estimate of drug-likeness (QED) is 0.354. The van der Waals surface area contributed by atoms with Crippen LogP contribution >= 0.6 is 0 Å². The summed E-state index contributed by atoms with van der Waals surface area (Å²) in [5, 5.41) is 10.5. The van der Waals surface area contributed by atoms with Gasteiger partial charge in [0.25, 0.3) is 0 Å². The minimum Gasteiger partial charge on any atom is -0.273 e. The molecule has 1 aromatic rings. The smallest absolute Gasteiger partial charge is 0.0860 e. The SMILES string of the molecule is CC(=O)NC[C](NC(C)=O)=[Ti]=[C](CNC(C)=O)NC(C)=O.Cc1cc[c-](C)c1.[C-]1=CC=CC1. The Balaban J connectivity index is 0.000000677. The van der Waals surface area contributed by atoms with Crippen LogP contribution in [0, 0.1) is 19.9 Å². The zero-order chi connectivity index (χ0) is 25.2. The Labute approximate surface area is 204 Å². The molecule has 0 heterocycles. The van der Waals surface area contributed by atoms with Gasteiger partial charge in [-0.25, -0.2) is 23.8 Å². The van der Waals surface area contributed by atoms with Crippen molar-refractivity contribution in [2.75, 3.05) is 13.1 Å². The van der Waals surface area contributed by atoms with Gasteiger partial charge in [-0.05, 0) is 0 Å². The number of allylic oxidation sites excluding steroid dienone is 4. The van der Waals surface area contributed by atoms with Crippen LogP contribution in [0.1, 0.15) is 45.2 Å². The van der Waals surface area contributed by atoms with Gasteiger partial charge < -0.3 is 0 Å². The molecule has 0 atom stereocenters. The van der Waals surface area contributed by atoms with Crippen molar-refractivity contribution in [2.24, 2.45) is 0 Å². The summed E-state index contributed by atoms with van der Waals surface area (Å²) in [5.41, 5.74) is 2.72. The molecule has 0 spiro atoms. The van der Waals surface area contributed by atoms with E-state index < -0.39 is 18.2 Å². The van der Waals surface area contributed by atoms with E-state index in [1.807, 2.05) is 12.2 Å². The molecule has 4 amide bonds. The van der Waals surface area contributed by atoms with E-state index in [4.69, 9.17) is 0 Å². The Morgan fingerprint density at radius 1 is 0.939 bits per heavy atom. The fourth-order valence-corrected chi connectivity index (χ4v) is 4.20. The van der Waals surface area contributed by atoms with Gasteiger partial charge in [0.05, 0.1) is 0 Å². The minimum atomic E-state index is -1.05. The maximum atomic E-state index is 11.2. The molecule has 1 aromatic carbocycles. The molecule has 180 valence electrons. The van der Waals surface area contributed by atoms with Crippen molar-refractivity contribution in [3.05, 3.63) is 53.6 Å². The number of amides is 4. The average molecular weight is 490 g/mol. The Morgan fingerprint density at radius 2 is 1.45 bits per heavy atom. The van der Waals surface area contributed by atoms with Crippen molar-refractivity contribution in [3.8, 4) is 0 Å². The molecule has 8 nitrogen and oxygen atoms in total. The average Bonchev–Trinajstić information content (AvgIpc) is 3.39. The van der Waals surface area contributed by atoms with Crippen molar-refractivity contribution in [1.29, 1.82) is 0 Å². The van der Waals surface area contributed by atoms with E-state index in [-0.39, 0.29) is 36.7 Å². The van der Waals surface area contributed by atoms with E-state index in [1.54, 1.807) is 0 Å². The Bertz CT molecular complexity index is 870. The molecule has 1 aliphatic rings. The third kappa shape index (κ3) is 19.6. The van der Waals surface area contributed by atoms with Crippen LogP contribution in [-0.2, 0) is 37.4 Å². The van der Waals surface area contributed by atoms with Gasteiger partial charge in [-0.1, -0.05) is 13.8 Å². The monoisotopic (exact) mass is 490 g/mol. The molecule has 2 rings (SSSR count). The van der Waals surface area contributed by atoms with Crippen molar-refractivity contribution >= 4 is 31.5 Å². The topological polar surface area (TPSA) is 116 Å². The van der Waals surface area contributed by atoms with Gasteiger partial charge in [0.2, 0.25) is 0 Å².